The highest BCUT2D eigenvalue weighted by atomic mass is 16.1. The van der Waals surface area contributed by atoms with Crippen LogP contribution < -0.4 is 16.6 Å². The third-order valence-corrected chi connectivity index (χ3v) is 3.74. The molecule has 0 aliphatic rings. The summed E-state index contributed by atoms with van der Waals surface area (Å²) in [5.41, 5.74) is 3.14. The van der Waals surface area contributed by atoms with E-state index in [1.54, 1.807) is 6.20 Å². The van der Waals surface area contributed by atoms with E-state index in [-0.39, 0.29) is 11.9 Å². The van der Waals surface area contributed by atoms with E-state index in [1.165, 1.54) is 0 Å². The second-order valence-corrected chi connectivity index (χ2v) is 5.44. The summed E-state index contributed by atoms with van der Waals surface area (Å²) in [5, 5.41) is 4.76. The number of pyridine rings is 1. The van der Waals surface area contributed by atoms with Gasteiger partial charge in [0.15, 0.2) is 0 Å². The second-order valence-electron chi connectivity index (χ2n) is 5.44. The van der Waals surface area contributed by atoms with E-state index < -0.39 is 0 Å². The molecule has 112 valence electrons. The van der Waals surface area contributed by atoms with Crippen molar-refractivity contribution in [2.24, 2.45) is 11.8 Å². The van der Waals surface area contributed by atoms with Crippen LogP contribution in [0, 0.1) is 5.92 Å². The van der Waals surface area contributed by atoms with Crippen molar-refractivity contribution in [1.29, 1.82) is 0 Å². The van der Waals surface area contributed by atoms with Gasteiger partial charge in [0.05, 0.1) is 5.56 Å². The van der Waals surface area contributed by atoms with Crippen LogP contribution in [0.5, 0.6) is 0 Å². The molecule has 0 saturated carbocycles. The van der Waals surface area contributed by atoms with E-state index in [2.05, 4.69) is 36.5 Å². The van der Waals surface area contributed by atoms with Crippen molar-refractivity contribution in [2.45, 2.75) is 33.2 Å². The van der Waals surface area contributed by atoms with Crippen molar-refractivity contribution in [1.82, 2.24) is 10.3 Å². The van der Waals surface area contributed by atoms with Gasteiger partial charge in [0.1, 0.15) is 5.82 Å². The number of benzene rings is 1. The Bertz CT molecular complexity index is 639. The Morgan fingerprint density at radius 1 is 1.29 bits per heavy atom. The summed E-state index contributed by atoms with van der Waals surface area (Å²) in [7, 11) is 0. The fourth-order valence-corrected chi connectivity index (χ4v) is 2.47. The van der Waals surface area contributed by atoms with Gasteiger partial charge in [-0.2, -0.15) is 0 Å². The number of nitrogens with two attached hydrogens (primary N) is 1. The van der Waals surface area contributed by atoms with E-state index in [0.29, 0.717) is 17.3 Å². The lowest BCUT2D eigenvalue weighted by molar-refractivity contribution is 0.0926. The Morgan fingerprint density at radius 2 is 1.95 bits per heavy atom. The number of hydrogen-bond acceptors (Lipinski definition) is 4. The van der Waals surface area contributed by atoms with E-state index in [0.717, 1.165) is 17.2 Å². The predicted octanol–water partition coefficient (Wildman–Crippen LogP) is 2.68. The number of carbonyl (C=O) groups is 1. The molecule has 0 aliphatic carbocycles. The minimum Gasteiger partial charge on any atom is -0.349 e. The Labute approximate surface area is 124 Å². The first kappa shape index (κ1) is 15.3. The number of rotatable bonds is 5. The van der Waals surface area contributed by atoms with E-state index in [4.69, 9.17) is 5.84 Å². The molecule has 1 unspecified atom stereocenters. The topological polar surface area (TPSA) is 80.0 Å². The molecule has 5 heteroatoms. The quantitative estimate of drug-likeness (QED) is 0.583. The van der Waals surface area contributed by atoms with Crippen LogP contribution in [0.25, 0.3) is 10.8 Å². The van der Waals surface area contributed by atoms with Gasteiger partial charge < -0.3 is 10.7 Å². The van der Waals surface area contributed by atoms with Gasteiger partial charge in [0, 0.05) is 17.6 Å². The molecule has 1 aromatic carbocycles. The first-order chi connectivity index (χ1) is 10.1. The molecule has 4 N–H and O–H groups in total. The van der Waals surface area contributed by atoms with E-state index >= 15 is 0 Å². The summed E-state index contributed by atoms with van der Waals surface area (Å²) in [4.78, 5) is 16.8. The zero-order valence-electron chi connectivity index (χ0n) is 12.7. The van der Waals surface area contributed by atoms with Crippen LogP contribution in [0.4, 0.5) is 5.82 Å². The largest absolute Gasteiger partial charge is 0.349 e. The molecule has 1 atom stereocenters. The number of anilines is 1. The standard InChI is InChI=1S/C16H22N4O/c1-4-14(10(2)3)19-16(21)13-9-18-15(20-17)12-8-6-5-7-11(12)13/h5-10,14H,4,17H2,1-3H3,(H,18,20)(H,19,21). The molecule has 0 radical (unpaired) electrons. The number of nitrogen functional groups attached to an aromatic ring is 1. The van der Waals surface area contributed by atoms with Crippen LogP contribution in [0.1, 0.15) is 37.6 Å². The third kappa shape index (κ3) is 3.13. The average Bonchev–Trinajstić information content (AvgIpc) is 2.50. The Balaban J connectivity index is 2.40. The number of nitrogens with zero attached hydrogens (tertiary/aromatic N) is 1. The fourth-order valence-electron chi connectivity index (χ4n) is 2.47. The van der Waals surface area contributed by atoms with Crippen LogP contribution in [-0.4, -0.2) is 16.9 Å². The zero-order valence-corrected chi connectivity index (χ0v) is 12.7. The number of hydrogen-bond donors (Lipinski definition) is 3. The summed E-state index contributed by atoms with van der Waals surface area (Å²) in [6, 6.07) is 7.76. The van der Waals surface area contributed by atoms with Crippen LogP contribution in [0.2, 0.25) is 0 Å². The van der Waals surface area contributed by atoms with Gasteiger partial charge in [-0.25, -0.2) is 10.8 Å². The molecule has 2 aromatic rings. The number of nitrogens with one attached hydrogen (secondary N) is 2. The summed E-state index contributed by atoms with van der Waals surface area (Å²) in [6.07, 6.45) is 2.47. The monoisotopic (exact) mass is 286 g/mol. The normalized spacial score (nSPS) is 12.4. The molecule has 1 amide bonds. The Kier molecular flexibility index (Phi) is 4.75. The molecule has 0 bridgehead atoms. The predicted molar refractivity (Wildman–Crippen MR) is 85.9 cm³/mol. The van der Waals surface area contributed by atoms with Crippen molar-refractivity contribution in [2.75, 3.05) is 5.43 Å². The molecule has 0 aliphatic heterocycles. The summed E-state index contributed by atoms with van der Waals surface area (Å²) >= 11 is 0. The summed E-state index contributed by atoms with van der Waals surface area (Å²) < 4.78 is 0. The van der Waals surface area contributed by atoms with Crippen molar-refractivity contribution >= 4 is 22.5 Å². The third-order valence-electron chi connectivity index (χ3n) is 3.74. The van der Waals surface area contributed by atoms with Gasteiger partial charge in [-0.3, -0.25) is 4.79 Å². The van der Waals surface area contributed by atoms with Gasteiger partial charge >= 0.3 is 0 Å². The number of carbonyl (C=O) groups excluding carboxylic acids is 1. The molecule has 0 saturated heterocycles. The van der Waals surface area contributed by atoms with Crippen LogP contribution in [0.3, 0.4) is 0 Å². The van der Waals surface area contributed by atoms with Gasteiger partial charge in [-0.05, 0) is 17.7 Å². The first-order valence-corrected chi connectivity index (χ1v) is 7.23. The van der Waals surface area contributed by atoms with Gasteiger partial charge in [0.2, 0.25) is 0 Å². The van der Waals surface area contributed by atoms with Crippen LogP contribution in [-0.2, 0) is 0 Å². The highest BCUT2D eigenvalue weighted by molar-refractivity contribution is 6.09. The summed E-state index contributed by atoms with van der Waals surface area (Å²) in [5.74, 6) is 6.34. The second kappa shape index (κ2) is 6.54. The Hall–Kier alpha value is -2.14. The number of aromatic nitrogens is 1. The van der Waals surface area contributed by atoms with E-state index in [1.807, 2.05) is 24.3 Å². The van der Waals surface area contributed by atoms with Gasteiger partial charge in [-0.1, -0.05) is 45.0 Å². The molecular formula is C16H22N4O. The Morgan fingerprint density at radius 3 is 2.52 bits per heavy atom. The van der Waals surface area contributed by atoms with Crippen LogP contribution >= 0.6 is 0 Å². The highest BCUT2D eigenvalue weighted by Crippen LogP contribution is 2.24. The molecule has 5 nitrogen and oxygen atoms in total. The maximum Gasteiger partial charge on any atom is 0.253 e. The number of amides is 1. The zero-order chi connectivity index (χ0) is 15.4. The van der Waals surface area contributed by atoms with Crippen LogP contribution in [0.15, 0.2) is 30.5 Å². The molecule has 21 heavy (non-hydrogen) atoms. The van der Waals surface area contributed by atoms with Crippen molar-refractivity contribution in [3.05, 3.63) is 36.0 Å². The SMILES string of the molecule is CCC(NC(=O)c1cnc(NN)c2ccccc12)C(C)C. The van der Waals surface area contributed by atoms with Gasteiger partial charge in [0.25, 0.3) is 5.91 Å². The summed E-state index contributed by atoms with van der Waals surface area (Å²) in [6.45, 7) is 6.28. The minimum atomic E-state index is -0.0946. The molecule has 0 spiro atoms. The molecule has 0 fully saturated rings. The maximum atomic E-state index is 12.5. The highest BCUT2D eigenvalue weighted by Gasteiger charge is 2.18. The molecule has 1 aromatic heterocycles. The molecule has 1 heterocycles. The van der Waals surface area contributed by atoms with Crippen molar-refractivity contribution in [3.8, 4) is 0 Å². The number of fused-ring (bicyclic) bond motifs is 1. The lowest BCUT2D eigenvalue weighted by Crippen LogP contribution is -2.38. The fraction of sp³-hybridized carbons (Fsp3) is 0.375. The lowest BCUT2D eigenvalue weighted by atomic mass is 10.0. The molecule has 2 rings (SSSR count). The molecular weight excluding hydrogens is 264 g/mol. The average molecular weight is 286 g/mol. The van der Waals surface area contributed by atoms with Crippen molar-refractivity contribution < 1.29 is 4.79 Å². The lowest BCUT2D eigenvalue weighted by Gasteiger charge is -2.21. The van der Waals surface area contributed by atoms with E-state index in [9.17, 15) is 4.79 Å². The first-order valence-electron chi connectivity index (χ1n) is 7.23. The maximum absolute atomic E-state index is 12.5. The minimum absolute atomic E-state index is 0.0946. The smallest absolute Gasteiger partial charge is 0.253 e. The number of hydrazine groups is 1. The van der Waals surface area contributed by atoms with Crippen molar-refractivity contribution in [3.63, 3.8) is 0 Å². The van der Waals surface area contributed by atoms with Gasteiger partial charge in [-0.15, -0.1) is 0 Å².